The lowest BCUT2D eigenvalue weighted by Crippen LogP contribution is -2.42. The minimum atomic E-state index is 0.0215. The van der Waals surface area contributed by atoms with Crippen LogP contribution in [0.5, 0.6) is 11.5 Å². The molecule has 33 heavy (non-hydrogen) atoms. The zero-order valence-electron chi connectivity index (χ0n) is 20.6. The first-order valence-electron chi connectivity index (χ1n) is 11.3. The molecule has 5 nitrogen and oxygen atoms in total. The van der Waals surface area contributed by atoms with E-state index in [9.17, 15) is 9.59 Å². The lowest BCUT2D eigenvalue weighted by molar-refractivity contribution is 0.0633. The standard InChI is InChI=1S/C26H34I2N2O3/c1-15(2)29(16(3)4)25(31)21-11-9-19(13-23(21)27)33-20-10-12-22(24(28)14-20)26(32)30(17(5)6)18(7)8/h9-18H,1-8H3. The molecule has 0 fully saturated rings. The van der Waals surface area contributed by atoms with Gasteiger partial charge in [0, 0.05) is 31.3 Å². The Labute approximate surface area is 225 Å². The molecule has 0 saturated heterocycles. The Bertz CT molecular complexity index is 908. The molecule has 0 aliphatic rings. The number of rotatable bonds is 8. The van der Waals surface area contributed by atoms with E-state index in [4.69, 9.17) is 4.74 Å². The van der Waals surface area contributed by atoms with Gasteiger partial charge in [-0.25, -0.2) is 0 Å². The van der Waals surface area contributed by atoms with Crippen LogP contribution in [0.4, 0.5) is 0 Å². The van der Waals surface area contributed by atoms with Gasteiger partial charge in [0.15, 0.2) is 0 Å². The van der Waals surface area contributed by atoms with Crippen LogP contribution < -0.4 is 4.74 Å². The van der Waals surface area contributed by atoms with Crippen LogP contribution in [0, 0.1) is 7.14 Å². The highest BCUT2D eigenvalue weighted by Crippen LogP contribution is 2.29. The van der Waals surface area contributed by atoms with Crippen LogP contribution >= 0.6 is 45.2 Å². The molecule has 180 valence electrons. The molecule has 0 radical (unpaired) electrons. The Morgan fingerprint density at radius 2 is 0.939 bits per heavy atom. The maximum Gasteiger partial charge on any atom is 0.255 e. The molecule has 0 aromatic heterocycles. The van der Waals surface area contributed by atoms with E-state index in [-0.39, 0.29) is 36.0 Å². The molecule has 0 aliphatic carbocycles. The summed E-state index contributed by atoms with van der Waals surface area (Å²) < 4.78 is 7.74. The number of nitrogens with zero attached hydrogens (tertiary/aromatic N) is 2. The third-order valence-corrected chi connectivity index (χ3v) is 7.06. The molecular formula is C26H34I2N2O3. The summed E-state index contributed by atoms with van der Waals surface area (Å²) in [4.78, 5) is 29.9. The predicted octanol–water partition coefficient (Wildman–Crippen LogP) is 7.21. The van der Waals surface area contributed by atoms with E-state index in [0.29, 0.717) is 22.6 Å². The third kappa shape index (κ3) is 6.83. The average Bonchev–Trinajstić information content (AvgIpc) is 2.66. The number of benzene rings is 2. The van der Waals surface area contributed by atoms with E-state index in [1.807, 2.05) is 102 Å². The van der Waals surface area contributed by atoms with Gasteiger partial charge in [0.05, 0.1) is 11.1 Å². The van der Waals surface area contributed by atoms with E-state index in [0.717, 1.165) is 7.14 Å². The summed E-state index contributed by atoms with van der Waals surface area (Å²) in [5.41, 5.74) is 1.34. The van der Waals surface area contributed by atoms with E-state index in [1.165, 1.54) is 0 Å². The van der Waals surface area contributed by atoms with Gasteiger partial charge in [-0.15, -0.1) is 0 Å². The second kappa shape index (κ2) is 11.9. The van der Waals surface area contributed by atoms with Crippen LogP contribution in [0.15, 0.2) is 36.4 Å². The number of ether oxygens (including phenoxy) is 1. The highest BCUT2D eigenvalue weighted by Gasteiger charge is 2.25. The third-order valence-electron chi connectivity index (χ3n) is 5.27. The van der Waals surface area contributed by atoms with Crippen molar-refractivity contribution in [2.24, 2.45) is 0 Å². The molecule has 0 aliphatic heterocycles. The van der Waals surface area contributed by atoms with Crippen molar-refractivity contribution in [3.8, 4) is 11.5 Å². The zero-order valence-corrected chi connectivity index (χ0v) is 25.0. The van der Waals surface area contributed by atoms with E-state index >= 15 is 0 Å². The van der Waals surface area contributed by atoms with Gasteiger partial charge in [0.2, 0.25) is 0 Å². The second-order valence-electron chi connectivity index (χ2n) is 9.19. The van der Waals surface area contributed by atoms with E-state index in [1.54, 1.807) is 0 Å². The molecular weight excluding hydrogens is 642 g/mol. The normalized spacial score (nSPS) is 11.5. The van der Waals surface area contributed by atoms with E-state index < -0.39 is 0 Å². The lowest BCUT2D eigenvalue weighted by atomic mass is 10.1. The Morgan fingerprint density at radius 1 is 0.636 bits per heavy atom. The number of amides is 2. The highest BCUT2D eigenvalue weighted by atomic mass is 127. The van der Waals surface area contributed by atoms with Crippen LogP contribution in [-0.4, -0.2) is 45.8 Å². The van der Waals surface area contributed by atoms with Crippen molar-refractivity contribution in [3.05, 3.63) is 54.7 Å². The van der Waals surface area contributed by atoms with Gasteiger partial charge in [0.1, 0.15) is 11.5 Å². The SMILES string of the molecule is CC(C)N(C(=O)c1ccc(Oc2ccc(C(=O)N(C(C)C)C(C)C)c(I)c2)cc1I)C(C)C. The van der Waals surface area contributed by atoms with Crippen LogP contribution in [0.1, 0.15) is 76.1 Å². The fourth-order valence-electron chi connectivity index (χ4n) is 4.01. The van der Waals surface area contributed by atoms with Crippen LogP contribution in [-0.2, 0) is 0 Å². The van der Waals surface area contributed by atoms with Crippen molar-refractivity contribution in [3.63, 3.8) is 0 Å². The molecule has 2 rings (SSSR count). The van der Waals surface area contributed by atoms with Gasteiger partial charge in [-0.1, -0.05) is 0 Å². The molecule has 0 saturated carbocycles. The van der Waals surface area contributed by atoms with Crippen LogP contribution in [0.25, 0.3) is 0 Å². The quantitative estimate of drug-likeness (QED) is 0.278. The van der Waals surface area contributed by atoms with E-state index in [2.05, 4.69) is 45.2 Å². The lowest BCUT2D eigenvalue weighted by Gasteiger charge is -2.31. The fourth-order valence-corrected chi connectivity index (χ4v) is 5.45. The molecule has 0 spiro atoms. The summed E-state index contributed by atoms with van der Waals surface area (Å²) in [6.45, 7) is 16.2. The van der Waals surface area contributed by atoms with Gasteiger partial charge >= 0.3 is 0 Å². The number of hydrogen-bond donors (Lipinski definition) is 0. The topological polar surface area (TPSA) is 49.9 Å². The Hall–Kier alpha value is -1.36. The second-order valence-corrected chi connectivity index (χ2v) is 11.5. The fraction of sp³-hybridized carbons (Fsp3) is 0.462. The van der Waals surface area contributed by atoms with Gasteiger partial charge in [-0.05, 0) is 137 Å². The Kier molecular flexibility index (Phi) is 10.0. The number of carbonyl (C=O) groups is 2. The molecule has 2 aromatic rings. The smallest absolute Gasteiger partial charge is 0.255 e. The van der Waals surface area contributed by atoms with Crippen molar-refractivity contribution in [2.75, 3.05) is 0 Å². The van der Waals surface area contributed by atoms with Gasteiger partial charge in [-0.3, -0.25) is 9.59 Å². The average molecular weight is 676 g/mol. The number of hydrogen-bond acceptors (Lipinski definition) is 3. The largest absolute Gasteiger partial charge is 0.457 e. The van der Waals surface area contributed by atoms with Crippen LogP contribution in [0.2, 0.25) is 0 Å². The summed E-state index contributed by atoms with van der Waals surface area (Å²) in [5, 5.41) is 0. The summed E-state index contributed by atoms with van der Waals surface area (Å²) in [7, 11) is 0. The number of halogens is 2. The maximum absolute atomic E-state index is 13.1. The monoisotopic (exact) mass is 676 g/mol. The van der Waals surface area contributed by atoms with Crippen molar-refractivity contribution in [1.29, 1.82) is 0 Å². The van der Waals surface area contributed by atoms with Gasteiger partial charge < -0.3 is 14.5 Å². The molecule has 0 heterocycles. The van der Waals surface area contributed by atoms with Crippen molar-refractivity contribution < 1.29 is 14.3 Å². The van der Waals surface area contributed by atoms with Crippen molar-refractivity contribution >= 4 is 57.0 Å². The number of carbonyl (C=O) groups excluding carboxylic acids is 2. The zero-order chi connectivity index (χ0) is 25.0. The summed E-state index contributed by atoms with van der Waals surface area (Å²) >= 11 is 4.37. The molecule has 2 aromatic carbocycles. The minimum Gasteiger partial charge on any atom is -0.457 e. The Balaban J connectivity index is 2.25. The molecule has 2 amide bonds. The molecule has 7 heteroatoms. The molecule has 0 N–H and O–H groups in total. The molecule has 0 bridgehead atoms. The summed E-state index contributed by atoms with van der Waals surface area (Å²) in [6, 6.07) is 11.5. The molecule has 0 unspecified atom stereocenters. The van der Waals surface area contributed by atoms with Crippen LogP contribution in [0.3, 0.4) is 0 Å². The predicted molar refractivity (Wildman–Crippen MR) is 151 cm³/mol. The summed E-state index contributed by atoms with van der Waals surface area (Å²) in [6.07, 6.45) is 0. The Morgan fingerprint density at radius 3 is 1.18 bits per heavy atom. The van der Waals surface area contributed by atoms with Crippen molar-refractivity contribution in [2.45, 2.75) is 79.6 Å². The maximum atomic E-state index is 13.1. The summed E-state index contributed by atoms with van der Waals surface area (Å²) in [5.74, 6) is 1.34. The van der Waals surface area contributed by atoms with Gasteiger partial charge in [0.25, 0.3) is 11.8 Å². The van der Waals surface area contributed by atoms with Gasteiger partial charge in [-0.2, -0.15) is 0 Å². The first kappa shape index (κ1) is 27.9. The first-order valence-corrected chi connectivity index (χ1v) is 13.4. The molecule has 0 atom stereocenters. The van der Waals surface area contributed by atoms with Crippen molar-refractivity contribution in [1.82, 2.24) is 9.80 Å². The first-order chi connectivity index (χ1) is 15.3. The minimum absolute atomic E-state index is 0.0215. The highest BCUT2D eigenvalue weighted by molar-refractivity contribution is 14.1.